The molecule has 0 aliphatic heterocycles. The maximum absolute atomic E-state index is 13.8. The number of hydrogen-bond donors (Lipinski definition) is 0. The summed E-state index contributed by atoms with van der Waals surface area (Å²) < 4.78 is 28.4. The van der Waals surface area contributed by atoms with Crippen LogP contribution >= 0.6 is 11.8 Å². The second-order valence-corrected chi connectivity index (χ2v) is 6.17. The lowest BCUT2D eigenvalue weighted by atomic mass is 10.2. The third kappa shape index (κ3) is 3.08. The highest BCUT2D eigenvalue weighted by molar-refractivity contribution is 7.98. The molecule has 4 aromatic rings. The predicted molar refractivity (Wildman–Crippen MR) is 90.4 cm³/mol. The van der Waals surface area contributed by atoms with E-state index in [1.165, 1.54) is 41.0 Å². The zero-order valence-electron chi connectivity index (χ0n) is 12.8. The summed E-state index contributed by atoms with van der Waals surface area (Å²) in [4.78, 5) is 8.45. The van der Waals surface area contributed by atoms with Gasteiger partial charge < -0.3 is 0 Å². The summed E-state index contributed by atoms with van der Waals surface area (Å²) in [6, 6.07) is 12.5. The molecule has 0 bridgehead atoms. The molecule has 0 unspecified atom stereocenters. The van der Waals surface area contributed by atoms with Crippen molar-refractivity contribution in [2.24, 2.45) is 0 Å². The number of benzene rings is 2. The SMILES string of the molecule is Fc1ccc(-n2nnc3c(SCc4ccccc4F)ncnc32)cc1. The van der Waals surface area contributed by atoms with Gasteiger partial charge in [-0.25, -0.2) is 18.7 Å². The molecule has 0 fully saturated rings. The highest BCUT2D eigenvalue weighted by atomic mass is 32.2. The van der Waals surface area contributed by atoms with Crippen molar-refractivity contribution in [3.05, 3.63) is 72.1 Å². The van der Waals surface area contributed by atoms with Gasteiger partial charge in [0.25, 0.3) is 0 Å². The molecular formula is C17H11F2N5S. The van der Waals surface area contributed by atoms with Gasteiger partial charge in [-0.2, -0.15) is 4.68 Å². The molecule has 0 radical (unpaired) electrons. The standard InChI is InChI=1S/C17H11F2N5S/c18-12-5-7-13(8-6-12)24-16-15(22-23-24)17(21-10-20-16)25-9-11-3-1-2-4-14(11)19/h1-8,10H,9H2. The first-order valence-electron chi connectivity index (χ1n) is 7.41. The summed E-state index contributed by atoms with van der Waals surface area (Å²) in [7, 11) is 0. The number of rotatable bonds is 4. The Labute approximate surface area is 145 Å². The van der Waals surface area contributed by atoms with E-state index in [4.69, 9.17) is 0 Å². The Balaban J connectivity index is 1.67. The molecule has 25 heavy (non-hydrogen) atoms. The summed E-state index contributed by atoms with van der Waals surface area (Å²) in [5.41, 5.74) is 2.27. The third-order valence-electron chi connectivity index (χ3n) is 3.60. The topological polar surface area (TPSA) is 56.5 Å². The second kappa shape index (κ2) is 6.56. The van der Waals surface area contributed by atoms with Crippen molar-refractivity contribution in [2.45, 2.75) is 10.8 Å². The van der Waals surface area contributed by atoms with Crippen LogP contribution in [0, 0.1) is 11.6 Å². The lowest BCUT2D eigenvalue weighted by Crippen LogP contribution is -1.98. The fraction of sp³-hybridized carbons (Fsp3) is 0.0588. The van der Waals surface area contributed by atoms with E-state index in [9.17, 15) is 8.78 Å². The first kappa shape index (κ1) is 15.6. The first-order valence-corrected chi connectivity index (χ1v) is 8.39. The molecule has 0 aliphatic carbocycles. The van der Waals surface area contributed by atoms with E-state index in [2.05, 4.69) is 20.3 Å². The zero-order chi connectivity index (χ0) is 17.2. The number of nitrogens with zero attached hydrogens (tertiary/aromatic N) is 5. The van der Waals surface area contributed by atoms with E-state index >= 15 is 0 Å². The lowest BCUT2D eigenvalue weighted by Gasteiger charge is -2.04. The van der Waals surface area contributed by atoms with E-state index in [0.717, 1.165) is 0 Å². The van der Waals surface area contributed by atoms with Crippen LogP contribution in [0.3, 0.4) is 0 Å². The van der Waals surface area contributed by atoms with Crippen LogP contribution < -0.4 is 0 Å². The first-order chi connectivity index (χ1) is 12.2. The van der Waals surface area contributed by atoms with E-state index in [-0.39, 0.29) is 11.6 Å². The average molecular weight is 355 g/mol. The minimum absolute atomic E-state index is 0.254. The van der Waals surface area contributed by atoms with Crippen molar-refractivity contribution in [1.29, 1.82) is 0 Å². The Morgan fingerprint density at radius 1 is 0.960 bits per heavy atom. The van der Waals surface area contributed by atoms with Crippen molar-refractivity contribution in [3.8, 4) is 5.69 Å². The highest BCUT2D eigenvalue weighted by Gasteiger charge is 2.14. The minimum Gasteiger partial charge on any atom is -0.227 e. The molecular weight excluding hydrogens is 344 g/mol. The van der Waals surface area contributed by atoms with Crippen LogP contribution in [0.4, 0.5) is 8.78 Å². The van der Waals surface area contributed by atoms with Gasteiger partial charge in [0.15, 0.2) is 11.2 Å². The molecule has 0 amide bonds. The smallest absolute Gasteiger partial charge is 0.187 e. The predicted octanol–water partition coefficient (Wildman–Crippen LogP) is 3.78. The van der Waals surface area contributed by atoms with Crippen molar-refractivity contribution in [3.63, 3.8) is 0 Å². The molecule has 0 saturated heterocycles. The quantitative estimate of drug-likeness (QED) is 0.412. The monoisotopic (exact) mass is 355 g/mol. The van der Waals surface area contributed by atoms with Crippen molar-refractivity contribution in [2.75, 3.05) is 0 Å². The molecule has 0 saturated carbocycles. The van der Waals surface area contributed by atoms with E-state index in [0.29, 0.717) is 33.2 Å². The fourth-order valence-corrected chi connectivity index (χ4v) is 3.27. The summed E-state index contributed by atoms with van der Waals surface area (Å²) in [5, 5.41) is 8.83. The Morgan fingerprint density at radius 2 is 1.76 bits per heavy atom. The van der Waals surface area contributed by atoms with Gasteiger partial charge in [0.2, 0.25) is 0 Å². The van der Waals surface area contributed by atoms with Crippen LogP contribution in [0.15, 0.2) is 59.9 Å². The molecule has 2 aromatic carbocycles. The van der Waals surface area contributed by atoms with Gasteiger partial charge in [-0.1, -0.05) is 35.2 Å². The lowest BCUT2D eigenvalue weighted by molar-refractivity contribution is 0.617. The van der Waals surface area contributed by atoms with Gasteiger partial charge in [-0.05, 0) is 35.9 Å². The molecule has 5 nitrogen and oxygen atoms in total. The summed E-state index contributed by atoms with van der Waals surface area (Å²) in [6.07, 6.45) is 1.41. The molecule has 0 N–H and O–H groups in total. The van der Waals surface area contributed by atoms with E-state index < -0.39 is 0 Å². The minimum atomic E-state index is -0.330. The fourth-order valence-electron chi connectivity index (χ4n) is 2.35. The number of hydrogen-bond acceptors (Lipinski definition) is 5. The molecule has 124 valence electrons. The van der Waals surface area contributed by atoms with Gasteiger partial charge >= 0.3 is 0 Å². The largest absolute Gasteiger partial charge is 0.227 e. The van der Waals surface area contributed by atoms with Crippen molar-refractivity contribution in [1.82, 2.24) is 25.0 Å². The third-order valence-corrected chi connectivity index (χ3v) is 4.63. The van der Waals surface area contributed by atoms with Crippen LogP contribution in [0.2, 0.25) is 0 Å². The molecule has 4 rings (SSSR count). The summed E-state index contributed by atoms with van der Waals surface area (Å²) in [6.45, 7) is 0. The maximum atomic E-state index is 13.8. The second-order valence-electron chi connectivity index (χ2n) is 5.21. The number of thioether (sulfide) groups is 1. The van der Waals surface area contributed by atoms with Gasteiger partial charge in [0, 0.05) is 5.75 Å². The number of halogens is 2. The average Bonchev–Trinajstić information content (AvgIpc) is 3.06. The molecule has 8 heteroatoms. The Bertz CT molecular complexity index is 1030. The van der Waals surface area contributed by atoms with Crippen molar-refractivity contribution < 1.29 is 8.78 Å². The molecule has 0 spiro atoms. The Hall–Kier alpha value is -2.87. The normalized spacial score (nSPS) is 11.1. The van der Waals surface area contributed by atoms with Crippen LogP contribution in [0.5, 0.6) is 0 Å². The highest BCUT2D eigenvalue weighted by Crippen LogP contribution is 2.27. The number of fused-ring (bicyclic) bond motifs is 1. The molecule has 0 aliphatic rings. The molecule has 2 aromatic heterocycles. The Morgan fingerprint density at radius 3 is 2.56 bits per heavy atom. The summed E-state index contributed by atoms with van der Waals surface area (Å²) >= 11 is 1.36. The number of aromatic nitrogens is 5. The molecule has 0 atom stereocenters. The van der Waals surface area contributed by atoms with E-state index in [1.54, 1.807) is 30.3 Å². The molecule has 2 heterocycles. The van der Waals surface area contributed by atoms with Crippen molar-refractivity contribution >= 4 is 22.9 Å². The van der Waals surface area contributed by atoms with Gasteiger partial charge in [0.05, 0.1) is 5.69 Å². The zero-order valence-corrected chi connectivity index (χ0v) is 13.6. The van der Waals surface area contributed by atoms with Gasteiger partial charge in [0.1, 0.15) is 23.0 Å². The van der Waals surface area contributed by atoms with Crippen LogP contribution in [0.25, 0.3) is 16.9 Å². The van der Waals surface area contributed by atoms with E-state index in [1.807, 2.05) is 0 Å². The van der Waals surface area contributed by atoms with Crippen LogP contribution in [0.1, 0.15) is 5.56 Å². The maximum Gasteiger partial charge on any atom is 0.187 e. The summed E-state index contributed by atoms with van der Waals surface area (Å²) in [5.74, 6) is -0.165. The van der Waals surface area contributed by atoms with Gasteiger partial charge in [-0.3, -0.25) is 0 Å². The Kier molecular flexibility index (Phi) is 4.10. The van der Waals surface area contributed by atoms with Crippen LogP contribution in [-0.2, 0) is 5.75 Å². The van der Waals surface area contributed by atoms with Gasteiger partial charge in [-0.15, -0.1) is 5.10 Å². The van der Waals surface area contributed by atoms with Crippen LogP contribution in [-0.4, -0.2) is 25.0 Å².